The standard InChI is InChI=1S/C35H45NO6Si/c1-34(2,3)42-33(38)36-20-19-30-27(25-36)23-26(32(37)39-7)24-31(30)40-21-14-22-41-43(35(4,5)6,28-15-10-8-11-16-28)29-17-12-9-13-18-29/h8-13,15-18,23-24H,14,19-22,25H2,1-7H3. The zero-order valence-corrected chi connectivity index (χ0v) is 27.6. The fourth-order valence-electron chi connectivity index (χ4n) is 5.73. The normalized spacial score (nSPS) is 13.7. The molecule has 0 aliphatic carbocycles. The van der Waals surface area contributed by atoms with Crippen molar-refractivity contribution in [1.29, 1.82) is 0 Å². The van der Waals surface area contributed by atoms with Gasteiger partial charge in [-0.25, -0.2) is 9.59 Å². The van der Waals surface area contributed by atoms with E-state index in [1.807, 2.05) is 32.9 Å². The lowest BCUT2D eigenvalue weighted by atomic mass is 9.96. The van der Waals surface area contributed by atoms with Crippen molar-refractivity contribution in [2.24, 2.45) is 0 Å². The summed E-state index contributed by atoms with van der Waals surface area (Å²) in [5.41, 5.74) is 1.67. The Hall–Kier alpha value is -3.62. The van der Waals surface area contributed by atoms with E-state index in [0.29, 0.717) is 50.5 Å². The number of carbonyl (C=O) groups is 2. The number of methoxy groups -OCH3 is 1. The van der Waals surface area contributed by atoms with Gasteiger partial charge in [0.05, 0.1) is 19.3 Å². The third-order valence-corrected chi connectivity index (χ3v) is 12.7. The highest BCUT2D eigenvalue weighted by Crippen LogP contribution is 2.37. The molecule has 0 unspecified atom stereocenters. The third kappa shape index (κ3) is 7.48. The molecule has 7 nitrogen and oxygen atoms in total. The highest BCUT2D eigenvalue weighted by atomic mass is 28.4. The Morgan fingerprint density at radius 2 is 1.47 bits per heavy atom. The number of amides is 1. The molecule has 4 rings (SSSR count). The van der Waals surface area contributed by atoms with Gasteiger partial charge in [-0.3, -0.25) is 0 Å². The SMILES string of the molecule is COC(=O)c1cc2c(c(OCCCO[Si](c3ccccc3)(c3ccccc3)C(C)(C)C)c1)CCN(C(=O)OC(C)(C)C)C2. The number of ether oxygens (including phenoxy) is 3. The molecule has 1 aliphatic rings. The molecule has 3 aromatic carbocycles. The Bertz CT molecular complexity index is 1360. The molecular formula is C35H45NO6Si. The van der Waals surface area contributed by atoms with Crippen LogP contribution in [0.15, 0.2) is 72.8 Å². The number of hydrogen-bond acceptors (Lipinski definition) is 6. The van der Waals surface area contributed by atoms with Crippen LogP contribution in [0.3, 0.4) is 0 Å². The highest BCUT2D eigenvalue weighted by Gasteiger charge is 2.50. The molecule has 0 spiro atoms. The lowest BCUT2D eigenvalue weighted by Gasteiger charge is -2.43. The summed E-state index contributed by atoms with van der Waals surface area (Å²) in [5, 5.41) is 2.37. The minimum Gasteiger partial charge on any atom is -0.493 e. The zero-order chi connectivity index (χ0) is 31.3. The van der Waals surface area contributed by atoms with Crippen molar-refractivity contribution in [3.05, 3.63) is 89.5 Å². The number of fused-ring (bicyclic) bond motifs is 1. The van der Waals surface area contributed by atoms with Gasteiger partial charge in [0, 0.05) is 31.7 Å². The monoisotopic (exact) mass is 603 g/mol. The zero-order valence-electron chi connectivity index (χ0n) is 26.6. The van der Waals surface area contributed by atoms with Crippen LogP contribution >= 0.6 is 0 Å². The van der Waals surface area contributed by atoms with Gasteiger partial charge in [-0.15, -0.1) is 0 Å². The van der Waals surface area contributed by atoms with Crippen LogP contribution in [-0.4, -0.2) is 57.7 Å². The molecule has 0 radical (unpaired) electrons. The predicted octanol–water partition coefficient (Wildman–Crippen LogP) is 6.11. The summed E-state index contributed by atoms with van der Waals surface area (Å²) in [5.74, 6) is 0.198. The molecular weight excluding hydrogens is 558 g/mol. The number of hydrogen-bond donors (Lipinski definition) is 0. The Morgan fingerprint density at radius 1 is 0.860 bits per heavy atom. The number of rotatable bonds is 9. The van der Waals surface area contributed by atoms with Gasteiger partial charge >= 0.3 is 12.1 Å². The average Bonchev–Trinajstić information content (AvgIpc) is 2.97. The van der Waals surface area contributed by atoms with E-state index in [1.165, 1.54) is 17.5 Å². The first kappa shape index (κ1) is 32.3. The molecule has 1 heterocycles. The molecule has 0 N–H and O–H groups in total. The molecule has 0 fully saturated rings. The summed E-state index contributed by atoms with van der Waals surface area (Å²) in [6.07, 6.45) is 0.903. The molecule has 0 aromatic heterocycles. The second kappa shape index (κ2) is 13.3. The fourth-order valence-corrected chi connectivity index (χ4v) is 10.3. The van der Waals surface area contributed by atoms with E-state index in [0.717, 1.165) is 11.1 Å². The van der Waals surface area contributed by atoms with Crippen LogP contribution in [0.4, 0.5) is 4.79 Å². The molecule has 3 aromatic rings. The maximum absolute atomic E-state index is 12.8. The maximum Gasteiger partial charge on any atom is 0.410 e. The largest absolute Gasteiger partial charge is 0.493 e. The van der Waals surface area contributed by atoms with Gasteiger partial charge in [0.15, 0.2) is 0 Å². The predicted molar refractivity (Wildman–Crippen MR) is 172 cm³/mol. The molecule has 1 amide bonds. The Balaban J connectivity index is 1.51. The molecule has 1 aliphatic heterocycles. The molecule has 8 heteroatoms. The van der Waals surface area contributed by atoms with Crippen molar-refractivity contribution in [3.63, 3.8) is 0 Å². The summed E-state index contributed by atoms with van der Waals surface area (Å²) in [6.45, 7) is 14.1. The van der Waals surface area contributed by atoms with Crippen LogP contribution in [0.5, 0.6) is 5.75 Å². The van der Waals surface area contributed by atoms with Crippen LogP contribution in [-0.2, 0) is 26.9 Å². The topological polar surface area (TPSA) is 74.3 Å². The molecule has 0 saturated heterocycles. The lowest BCUT2D eigenvalue weighted by Crippen LogP contribution is -2.66. The molecule has 0 atom stereocenters. The van der Waals surface area contributed by atoms with E-state index < -0.39 is 19.9 Å². The van der Waals surface area contributed by atoms with Crippen molar-refractivity contribution in [3.8, 4) is 5.75 Å². The van der Waals surface area contributed by atoms with Crippen LogP contribution in [0.2, 0.25) is 5.04 Å². The number of esters is 1. The Labute approximate surface area is 257 Å². The lowest BCUT2D eigenvalue weighted by molar-refractivity contribution is 0.0223. The van der Waals surface area contributed by atoms with Gasteiger partial charge in [-0.05, 0) is 60.3 Å². The quantitative estimate of drug-likeness (QED) is 0.167. The van der Waals surface area contributed by atoms with Crippen molar-refractivity contribution in [2.75, 3.05) is 26.9 Å². The highest BCUT2D eigenvalue weighted by molar-refractivity contribution is 6.99. The summed E-state index contributed by atoms with van der Waals surface area (Å²) in [7, 11) is -1.27. The van der Waals surface area contributed by atoms with E-state index in [-0.39, 0.29) is 11.1 Å². The van der Waals surface area contributed by atoms with Crippen molar-refractivity contribution < 1.29 is 28.2 Å². The van der Waals surface area contributed by atoms with Gasteiger partial charge in [-0.1, -0.05) is 81.4 Å². The van der Waals surface area contributed by atoms with Gasteiger partial charge < -0.3 is 23.5 Å². The number of benzene rings is 3. The smallest absolute Gasteiger partial charge is 0.410 e. The van der Waals surface area contributed by atoms with Crippen molar-refractivity contribution >= 4 is 30.8 Å². The van der Waals surface area contributed by atoms with Crippen LogP contribution in [0.25, 0.3) is 0 Å². The Morgan fingerprint density at radius 3 is 2.00 bits per heavy atom. The minimum atomic E-state index is -2.63. The second-order valence-corrected chi connectivity index (χ2v) is 17.3. The van der Waals surface area contributed by atoms with Crippen LogP contribution < -0.4 is 15.1 Å². The van der Waals surface area contributed by atoms with Gasteiger partial charge in [-0.2, -0.15) is 0 Å². The summed E-state index contributed by atoms with van der Waals surface area (Å²) in [4.78, 5) is 26.9. The van der Waals surface area contributed by atoms with E-state index in [9.17, 15) is 9.59 Å². The van der Waals surface area contributed by atoms with Crippen LogP contribution in [0, 0.1) is 0 Å². The van der Waals surface area contributed by atoms with E-state index in [4.69, 9.17) is 18.6 Å². The molecule has 230 valence electrons. The third-order valence-electron chi connectivity index (χ3n) is 7.65. The summed E-state index contributed by atoms with van der Waals surface area (Å²) >= 11 is 0. The summed E-state index contributed by atoms with van der Waals surface area (Å²) in [6, 6.07) is 24.7. The molecule has 43 heavy (non-hydrogen) atoms. The number of nitrogens with zero attached hydrogens (tertiary/aromatic N) is 1. The molecule has 0 bridgehead atoms. The number of carbonyl (C=O) groups excluding carboxylic acids is 2. The van der Waals surface area contributed by atoms with E-state index in [2.05, 4.69) is 69.3 Å². The maximum atomic E-state index is 12.8. The van der Waals surface area contributed by atoms with Crippen molar-refractivity contribution in [1.82, 2.24) is 4.90 Å². The van der Waals surface area contributed by atoms with Gasteiger partial charge in [0.1, 0.15) is 11.4 Å². The second-order valence-electron chi connectivity index (χ2n) is 13.0. The van der Waals surface area contributed by atoms with E-state index in [1.54, 1.807) is 17.0 Å². The first-order valence-corrected chi connectivity index (χ1v) is 16.9. The van der Waals surface area contributed by atoms with Gasteiger partial charge in [0.25, 0.3) is 8.32 Å². The molecule has 0 saturated carbocycles. The minimum absolute atomic E-state index is 0.107. The summed E-state index contributed by atoms with van der Waals surface area (Å²) < 4.78 is 23.9. The average molecular weight is 604 g/mol. The Kier molecular flexibility index (Phi) is 10.0. The first-order chi connectivity index (χ1) is 20.4. The van der Waals surface area contributed by atoms with Crippen LogP contribution in [0.1, 0.15) is 69.4 Å². The van der Waals surface area contributed by atoms with Crippen molar-refractivity contribution in [2.45, 2.75) is 71.6 Å². The first-order valence-electron chi connectivity index (χ1n) is 15.0. The van der Waals surface area contributed by atoms with Gasteiger partial charge in [0.2, 0.25) is 0 Å². The fraction of sp³-hybridized carbons (Fsp3) is 0.429. The van der Waals surface area contributed by atoms with E-state index >= 15 is 0 Å².